The molecule has 0 fully saturated rings. The molecule has 310 valence electrons. The number of alkyl carbamates (subject to hydrolysis) is 1. The van der Waals surface area contributed by atoms with Crippen LogP contribution >= 0.6 is 12.4 Å². The third-order valence-electron chi connectivity index (χ3n) is 9.18. The minimum Gasteiger partial charge on any atom is -0.489 e. The van der Waals surface area contributed by atoms with Gasteiger partial charge in [0.15, 0.2) is 0 Å². The SMILES string of the molecule is C[Si](C)(C)CCOC(=O)[C@H](Cc1cc(-c2ccc([N+](=O)[O-])c(C[C@H](N)C(=O)OCc3ccccc3)c2)ccc1OCc1ccccc1)NC(=O)OCc1ccccc1.Cl. The molecule has 0 aliphatic heterocycles. The number of esters is 2. The van der Waals surface area contributed by atoms with E-state index in [2.05, 4.69) is 25.0 Å². The number of nitrogens with one attached hydrogen (secondary N) is 1. The number of halogens is 1. The maximum absolute atomic E-state index is 13.7. The van der Waals surface area contributed by atoms with Crippen LogP contribution in [0.15, 0.2) is 127 Å². The highest BCUT2D eigenvalue weighted by Gasteiger charge is 2.27. The molecule has 0 aromatic heterocycles. The molecule has 0 heterocycles. The van der Waals surface area contributed by atoms with Gasteiger partial charge in [0.1, 0.15) is 37.7 Å². The van der Waals surface area contributed by atoms with E-state index in [0.717, 1.165) is 22.7 Å². The molecule has 3 N–H and O–H groups in total. The topological polar surface area (TPSA) is 169 Å². The highest BCUT2D eigenvalue weighted by atomic mass is 35.5. The Hall–Kier alpha value is -6.02. The van der Waals surface area contributed by atoms with Crippen LogP contribution in [0.5, 0.6) is 5.75 Å². The molecule has 12 nitrogen and oxygen atoms in total. The van der Waals surface area contributed by atoms with Crippen LogP contribution in [-0.2, 0) is 56.5 Å². The first-order valence-electron chi connectivity index (χ1n) is 19.0. The van der Waals surface area contributed by atoms with Crippen molar-refractivity contribution in [3.05, 3.63) is 165 Å². The number of nitrogens with two attached hydrogens (primary N) is 1. The van der Waals surface area contributed by atoms with Gasteiger partial charge in [-0.1, -0.05) is 117 Å². The molecular formula is C45H50ClN3O9Si. The van der Waals surface area contributed by atoms with Crippen molar-refractivity contribution < 1.29 is 38.3 Å². The van der Waals surface area contributed by atoms with E-state index in [0.29, 0.717) is 22.4 Å². The summed E-state index contributed by atoms with van der Waals surface area (Å²) in [7, 11) is -1.55. The van der Waals surface area contributed by atoms with E-state index in [-0.39, 0.29) is 62.9 Å². The Balaban J connectivity index is 0.00000769. The van der Waals surface area contributed by atoms with Crippen molar-refractivity contribution in [2.75, 3.05) is 6.61 Å². The van der Waals surface area contributed by atoms with Crippen molar-refractivity contribution in [2.45, 2.75) is 70.4 Å². The van der Waals surface area contributed by atoms with Crippen LogP contribution in [0.25, 0.3) is 11.1 Å². The van der Waals surface area contributed by atoms with Gasteiger partial charge in [0.05, 0.1) is 11.5 Å². The first-order valence-corrected chi connectivity index (χ1v) is 22.7. The summed E-state index contributed by atoms with van der Waals surface area (Å²) in [6, 6.07) is 36.2. The van der Waals surface area contributed by atoms with Gasteiger partial charge in [0.2, 0.25) is 0 Å². The van der Waals surface area contributed by atoms with Crippen LogP contribution < -0.4 is 15.8 Å². The van der Waals surface area contributed by atoms with Crippen LogP contribution in [0.4, 0.5) is 10.5 Å². The highest BCUT2D eigenvalue weighted by molar-refractivity contribution is 6.76. The maximum atomic E-state index is 13.7. The standard InChI is InChI=1S/C45H49N3O9Si.ClH/c1-58(2,3)24-23-54-44(50)40(47-45(51)57-31-34-17-11-6-12-18-34)28-38-26-36(20-22-42(38)55-29-32-13-7-4-8-14-32)35-19-21-41(48(52)53)37(25-35)27-39(46)43(49)56-30-33-15-9-5-10-16-33;/h4-22,25-26,39-40H,23-24,27-31,46H2,1-3H3,(H,47,51);1H/t39-,40-;/m0./s1. The Labute approximate surface area is 351 Å². The Morgan fingerprint density at radius 1 is 0.678 bits per heavy atom. The molecule has 0 bridgehead atoms. The third-order valence-corrected chi connectivity index (χ3v) is 10.9. The van der Waals surface area contributed by atoms with Gasteiger partial charge in [-0.2, -0.15) is 0 Å². The number of hydrogen-bond donors (Lipinski definition) is 2. The lowest BCUT2D eigenvalue weighted by atomic mass is 9.95. The first kappa shape index (κ1) is 45.7. The van der Waals surface area contributed by atoms with Gasteiger partial charge < -0.3 is 30.0 Å². The normalized spacial score (nSPS) is 11.9. The van der Waals surface area contributed by atoms with Gasteiger partial charge in [-0.05, 0) is 63.7 Å². The fraction of sp³-hybridized carbons (Fsp3) is 0.267. The monoisotopic (exact) mass is 839 g/mol. The predicted molar refractivity (Wildman–Crippen MR) is 231 cm³/mol. The van der Waals surface area contributed by atoms with E-state index in [9.17, 15) is 24.5 Å². The number of nitrogens with zero attached hydrogens (tertiary/aromatic N) is 1. The molecule has 5 aromatic carbocycles. The van der Waals surface area contributed by atoms with Crippen LogP contribution in [0.3, 0.4) is 0 Å². The van der Waals surface area contributed by atoms with E-state index in [1.165, 1.54) is 6.07 Å². The summed E-state index contributed by atoms with van der Waals surface area (Å²) in [4.78, 5) is 51.3. The quantitative estimate of drug-likeness (QED) is 0.0270. The molecule has 2 atom stereocenters. The van der Waals surface area contributed by atoms with Crippen molar-refractivity contribution in [3.8, 4) is 16.9 Å². The van der Waals surface area contributed by atoms with Gasteiger partial charge in [0.25, 0.3) is 5.69 Å². The molecule has 0 aliphatic carbocycles. The summed E-state index contributed by atoms with van der Waals surface area (Å²) in [5.41, 5.74) is 10.5. The summed E-state index contributed by atoms with van der Waals surface area (Å²) in [5.74, 6) is -0.860. The van der Waals surface area contributed by atoms with Crippen LogP contribution in [-0.4, -0.2) is 49.7 Å². The molecule has 0 unspecified atom stereocenters. The average molecular weight is 840 g/mol. The molecule has 14 heteroatoms. The fourth-order valence-corrected chi connectivity index (χ4v) is 6.65. The maximum Gasteiger partial charge on any atom is 0.408 e. The van der Waals surface area contributed by atoms with Crippen LogP contribution in [0, 0.1) is 10.1 Å². The minimum absolute atomic E-state index is 0. The zero-order valence-electron chi connectivity index (χ0n) is 33.3. The van der Waals surface area contributed by atoms with Crippen molar-refractivity contribution in [2.24, 2.45) is 5.73 Å². The van der Waals surface area contributed by atoms with Gasteiger partial charge in [-0.15, -0.1) is 12.4 Å². The molecule has 5 aromatic rings. The Kier molecular flexibility index (Phi) is 17.2. The number of benzene rings is 5. The number of hydrogen-bond acceptors (Lipinski definition) is 10. The second-order valence-corrected chi connectivity index (χ2v) is 20.7. The van der Waals surface area contributed by atoms with Crippen molar-refractivity contribution in [3.63, 3.8) is 0 Å². The molecular weight excluding hydrogens is 790 g/mol. The molecule has 0 spiro atoms. The summed E-state index contributed by atoms with van der Waals surface area (Å²) in [6.45, 7) is 6.98. The lowest BCUT2D eigenvalue weighted by Gasteiger charge is -2.21. The van der Waals surface area contributed by atoms with Crippen molar-refractivity contribution in [1.82, 2.24) is 5.32 Å². The summed E-state index contributed by atoms with van der Waals surface area (Å²) in [6.07, 6.45) is -0.969. The fourth-order valence-electron chi connectivity index (χ4n) is 5.94. The molecule has 0 saturated heterocycles. The molecule has 5 rings (SSSR count). The zero-order valence-corrected chi connectivity index (χ0v) is 35.2. The molecule has 1 amide bonds. The van der Waals surface area contributed by atoms with Crippen molar-refractivity contribution in [1.29, 1.82) is 0 Å². The number of nitro benzene ring substituents is 1. The van der Waals surface area contributed by atoms with Crippen LogP contribution in [0.2, 0.25) is 25.7 Å². The Morgan fingerprint density at radius 3 is 1.76 bits per heavy atom. The number of nitro groups is 1. The number of amides is 1. The van der Waals surface area contributed by atoms with Gasteiger partial charge in [-0.3, -0.25) is 14.9 Å². The smallest absolute Gasteiger partial charge is 0.408 e. The second kappa shape index (κ2) is 22.2. The molecule has 0 saturated carbocycles. The van der Waals surface area contributed by atoms with Crippen LogP contribution in [0.1, 0.15) is 27.8 Å². The predicted octanol–water partition coefficient (Wildman–Crippen LogP) is 8.59. The average Bonchev–Trinajstić information content (AvgIpc) is 3.21. The number of rotatable bonds is 19. The summed E-state index contributed by atoms with van der Waals surface area (Å²) >= 11 is 0. The Bertz CT molecular complexity index is 2150. The number of carbonyl (C=O) groups excluding carboxylic acids is 3. The largest absolute Gasteiger partial charge is 0.489 e. The van der Waals surface area contributed by atoms with Gasteiger partial charge >= 0.3 is 18.0 Å². The summed E-state index contributed by atoms with van der Waals surface area (Å²) < 4.78 is 22.9. The van der Waals surface area contributed by atoms with Gasteiger partial charge in [0, 0.05) is 32.5 Å². The first-order chi connectivity index (χ1) is 27.8. The lowest BCUT2D eigenvalue weighted by molar-refractivity contribution is -0.385. The third kappa shape index (κ3) is 14.7. The number of carbonyl (C=O) groups is 3. The van der Waals surface area contributed by atoms with E-state index in [1.54, 1.807) is 30.3 Å². The second-order valence-electron chi connectivity index (χ2n) is 15.0. The van der Waals surface area contributed by atoms with E-state index in [4.69, 9.17) is 24.7 Å². The molecule has 0 aliphatic rings. The zero-order chi connectivity index (χ0) is 41.5. The highest BCUT2D eigenvalue weighted by Crippen LogP contribution is 2.32. The lowest BCUT2D eigenvalue weighted by Crippen LogP contribution is -2.44. The number of ether oxygens (including phenoxy) is 4. The molecule has 0 radical (unpaired) electrons. The van der Waals surface area contributed by atoms with E-state index >= 15 is 0 Å². The molecule has 59 heavy (non-hydrogen) atoms. The van der Waals surface area contributed by atoms with Gasteiger partial charge in [-0.25, -0.2) is 9.59 Å². The summed E-state index contributed by atoms with van der Waals surface area (Å²) in [5, 5.41) is 14.8. The minimum atomic E-state index is -1.55. The van der Waals surface area contributed by atoms with E-state index < -0.39 is 43.1 Å². The van der Waals surface area contributed by atoms with E-state index in [1.807, 2.05) is 91.0 Å². The Morgan fingerprint density at radius 2 is 1.20 bits per heavy atom. The van der Waals surface area contributed by atoms with Crippen molar-refractivity contribution >= 4 is 44.2 Å².